The number of aromatic amines is 1. The van der Waals surface area contributed by atoms with Gasteiger partial charge in [0, 0.05) is 7.05 Å². The van der Waals surface area contributed by atoms with E-state index in [0.29, 0.717) is 5.56 Å². The maximum atomic E-state index is 13.0. The maximum absolute atomic E-state index is 13.0. The second-order valence-corrected chi connectivity index (χ2v) is 4.87. The van der Waals surface area contributed by atoms with Crippen LogP contribution in [0.4, 0.5) is 10.3 Å². The van der Waals surface area contributed by atoms with Crippen molar-refractivity contribution in [2.45, 2.75) is 6.54 Å². The third kappa shape index (κ3) is 2.39. The molecule has 0 amide bonds. The maximum Gasteiger partial charge on any atom is 0.437 e. The Balaban J connectivity index is 2.29. The number of imidazole rings is 1. The molecule has 0 spiro atoms. The van der Waals surface area contributed by atoms with Gasteiger partial charge in [-0.2, -0.15) is 0 Å². The lowest BCUT2D eigenvalue weighted by atomic mass is 10.2. The highest BCUT2D eigenvalue weighted by atomic mass is 19.1. The molecule has 0 radical (unpaired) electrons. The Bertz CT molecular complexity index is 1030. The topological polar surface area (TPSA) is 116 Å². The molecule has 2 heterocycles. The van der Waals surface area contributed by atoms with Crippen molar-refractivity contribution >= 4 is 17.1 Å². The van der Waals surface area contributed by atoms with E-state index in [0.717, 1.165) is 9.13 Å². The van der Waals surface area contributed by atoms with Gasteiger partial charge < -0.3 is 10.1 Å². The van der Waals surface area contributed by atoms with Crippen LogP contribution in [0, 0.1) is 15.9 Å². The summed E-state index contributed by atoms with van der Waals surface area (Å²) in [5.41, 5.74) is -1.13. The standard InChI is InChI=1S/C13H10FN5O4/c1-17-10-9(11(20)16-13(17)21)18(12(15-10)19(22)23)6-7-2-4-8(14)5-3-7/h2-5H,6H2,1H3,(H,16,20,21). The van der Waals surface area contributed by atoms with Crippen LogP contribution in [0.3, 0.4) is 0 Å². The fourth-order valence-electron chi connectivity index (χ4n) is 2.28. The van der Waals surface area contributed by atoms with E-state index in [1.807, 2.05) is 0 Å². The molecule has 118 valence electrons. The van der Waals surface area contributed by atoms with Gasteiger partial charge in [-0.1, -0.05) is 12.1 Å². The Kier molecular flexibility index (Phi) is 3.28. The number of nitrogens with one attached hydrogen (secondary N) is 1. The molecule has 0 fully saturated rings. The molecular formula is C13H10FN5O4. The Morgan fingerprint density at radius 3 is 2.57 bits per heavy atom. The van der Waals surface area contributed by atoms with Crippen LogP contribution in [0.5, 0.6) is 0 Å². The van der Waals surface area contributed by atoms with Crippen LogP contribution >= 0.6 is 0 Å². The number of halogens is 1. The molecule has 0 bridgehead atoms. The summed E-state index contributed by atoms with van der Waals surface area (Å²) in [4.78, 5) is 39.9. The number of H-pyrrole nitrogens is 1. The zero-order chi connectivity index (χ0) is 16.7. The van der Waals surface area contributed by atoms with Crippen molar-refractivity contribution in [2.75, 3.05) is 0 Å². The van der Waals surface area contributed by atoms with Crippen molar-refractivity contribution in [2.24, 2.45) is 7.05 Å². The number of benzene rings is 1. The van der Waals surface area contributed by atoms with E-state index in [-0.39, 0.29) is 17.7 Å². The Morgan fingerprint density at radius 1 is 1.30 bits per heavy atom. The molecule has 9 nitrogen and oxygen atoms in total. The second-order valence-electron chi connectivity index (χ2n) is 4.87. The monoisotopic (exact) mass is 319 g/mol. The number of aryl methyl sites for hydroxylation is 1. The molecular weight excluding hydrogens is 309 g/mol. The summed E-state index contributed by atoms with van der Waals surface area (Å²) in [6.45, 7) is -0.0611. The summed E-state index contributed by atoms with van der Waals surface area (Å²) in [5, 5.41) is 11.2. The van der Waals surface area contributed by atoms with Crippen LogP contribution in [0.15, 0.2) is 33.9 Å². The minimum atomic E-state index is -0.772. The third-order valence-corrected chi connectivity index (χ3v) is 3.40. The zero-order valence-electron chi connectivity index (χ0n) is 11.8. The van der Waals surface area contributed by atoms with Crippen LogP contribution in [0.1, 0.15) is 5.56 Å². The van der Waals surface area contributed by atoms with Gasteiger partial charge in [0.1, 0.15) is 5.82 Å². The second kappa shape index (κ2) is 5.16. The summed E-state index contributed by atoms with van der Waals surface area (Å²) in [6.07, 6.45) is 0. The van der Waals surface area contributed by atoms with Crippen molar-refractivity contribution in [3.8, 4) is 0 Å². The van der Waals surface area contributed by atoms with Crippen LogP contribution in [-0.2, 0) is 13.6 Å². The molecule has 3 aromatic rings. The molecule has 0 aliphatic carbocycles. The van der Waals surface area contributed by atoms with Crippen molar-refractivity contribution in [1.29, 1.82) is 0 Å². The molecule has 0 saturated heterocycles. The van der Waals surface area contributed by atoms with Crippen LogP contribution in [0.2, 0.25) is 0 Å². The molecule has 10 heteroatoms. The SMILES string of the molecule is Cn1c(=O)[nH]c(=O)c2c1nc([N+](=O)[O-])n2Cc1ccc(F)cc1. The fraction of sp³-hybridized carbons (Fsp3) is 0.154. The molecule has 0 aliphatic rings. The molecule has 1 aromatic carbocycles. The lowest BCUT2D eigenvalue weighted by Gasteiger charge is -2.03. The van der Waals surface area contributed by atoms with Gasteiger partial charge in [0.25, 0.3) is 11.2 Å². The number of nitrogens with zero attached hydrogens (tertiary/aromatic N) is 4. The largest absolute Gasteiger partial charge is 0.437 e. The van der Waals surface area contributed by atoms with E-state index in [9.17, 15) is 24.1 Å². The first kappa shape index (κ1) is 14.6. The van der Waals surface area contributed by atoms with Crippen LogP contribution in [-0.4, -0.2) is 24.0 Å². The summed E-state index contributed by atoms with van der Waals surface area (Å²) in [5.74, 6) is -1.02. The van der Waals surface area contributed by atoms with E-state index >= 15 is 0 Å². The van der Waals surface area contributed by atoms with E-state index < -0.39 is 27.9 Å². The van der Waals surface area contributed by atoms with Crippen molar-refractivity contribution in [1.82, 2.24) is 19.1 Å². The Hall–Kier alpha value is -3.30. The number of rotatable bonds is 3. The number of fused-ring (bicyclic) bond motifs is 1. The predicted octanol–water partition coefficient (Wildman–Crippen LogP) is 0.519. The van der Waals surface area contributed by atoms with Crippen LogP contribution in [0.25, 0.3) is 11.2 Å². The summed E-state index contributed by atoms with van der Waals surface area (Å²) >= 11 is 0. The number of hydrogen-bond donors (Lipinski definition) is 1. The highest BCUT2D eigenvalue weighted by Crippen LogP contribution is 2.19. The van der Waals surface area contributed by atoms with Crippen molar-refractivity contribution < 1.29 is 9.31 Å². The first-order valence-corrected chi connectivity index (χ1v) is 6.47. The van der Waals surface area contributed by atoms with Gasteiger partial charge in [-0.15, -0.1) is 0 Å². The minimum Gasteiger partial charge on any atom is -0.390 e. The van der Waals surface area contributed by atoms with Gasteiger partial charge in [0.15, 0.2) is 0 Å². The van der Waals surface area contributed by atoms with Crippen molar-refractivity contribution in [3.63, 3.8) is 0 Å². The van der Waals surface area contributed by atoms with Gasteiger partial charge in [0.05, 0.1) is 6.54 Å². The van der Waals surface area contributed by atoms with Crippen molar-refractivity contribution in [3.05, 3.63) is 66.6 Å². The van der Waals surface area contributed by atoms with E-state index in [4.69, 9.17) is 0 Å². The lowest BCUT2D eigenvalue weighted by Crippen LogP contribution is -2.29. The zero-order valence-corrected chi connectivity index (χ0v) is 11.8. The number of aromatic nitrogens is 4. The first-order chi connectivity index (χ1) is 10.9. The van der Waals surface area contributed by atoms with Crippen LogP contribution < -0.4 is 11.2 Å². The number of nitro groups is 1. The minimum absolute atomic E-state index is 0.0611. The van der Waals surface area contributed by atoms with Gasteiger partial charge in [-0.05, 0) is 27.6 Å². The summed E-state index contributed by atoms with van der Waals surface area (Å²) in [6, 6.07) is 5.31. The normalized spacial score (nSPS) is 11.0. The quantitative estimate of drug-likeness (QED) is 0.558. The van der Waals surface area contributed by atoms with Gasteiger partial charge in [0.2, 0.25) is 5.52 Å². The molecule has 0 aliphatic heterocycles. The molecule has 0 unspecified atom stereocenters. The molecule has 2 aromatic heterocycles. The van der Waals surface area contributed by atoms with Gasteiger partial charge in [-0.25, -0.2) is 13.8 Å². The average Bonchev–Trinajstić information content (AvgIpc) is 2.87. The fourth-order valence-corrected chi connectivity index (χ4v) is 2.28. The smallest absolute Gasteiger partial charge is 0.390 e. The molecule has 0 atom stereocenters. The molecule has 23 heavy (non-hydrogen) atoms. The molecule has 0 saturated carbocycles. The van der Waals surface area contributed by atoms with E-state index in [1.165, 1.54) is 31.3 Å². The highest BCUT2D eigenvalue weighted by Gasteiger charge is 2.27. The summed E-state index contributed by atoms with van der Waals surface area (Å²) < 4.78 is 15.1. The Labute approximate surface area is 126 Å². The van der Waals surface area contributed by atoms with E-state index in [2.05, 4.69) is 9.97 Å². The molecule has 3 rings (SSSR count). The highest BCUT2D eigenvalue weighted by molar-refractivity contribution is 5.72. The average molecular weight is 319 g/mol. The first-order valence-electron chi connectivity index (χ1n) is 6.47. The number of hydrogen-bond acceptors (Lipinski definition) is 5. The molecule has 1 N–H and O–H groups in total. The third-order valence-electron chi connectivity index (χ3n) is 3.40. The Morgan fingerprint density at radius 2 is 1.96 bits per heavy atom. The van der Waals surface area contributed by atoms with E-state index in [1.54, 1.807) is 0 Å². The van der Waals surface area contributed by atoms with Gasteiger partial charge in [-0.3, -0.25) is 14.3 Å². The lowest BCUT2D eigenvalue weighted by molar-refractivity contribution is -0.396. The summed E-state index contributed by atoms with van der Waals surface area (Å²) in [7, 11) is 1.35. The predicted molar refractivity (Wildman–Crippen MR) is 77.8 cm³/mol. The van der Waals surface area contributed by atoms with Gasteiger partial charge >= 0.3 is 11.6 Å².